The number of fused-ring (bicyclic) bond motifs is 1. The quantitative estimate of drug-likeness (QED) is 0.403. The first kappa shape index (κ1) is 29.2. The van der Waals surface area contributed by atoms with Gasteiger partial charge in [0, 0.05) is 28.9 Å². The van der Waals surface area contributed by atoms with Gasteiger partial charge >= 0.3 is 0 Å². The number of aromatic nitrogens is 1. The van der Waals surface area contributed by atoms with Gasteiger partial charge in [0.05, 0.1) is 29.4 Å². The highest BCUT2D eigenvalue weighted by Gasteiger charge is 2.49. The number of hydrogen-bond acceptors (Lipinski definition) is 5. The first-order chi connectivity index (χ1) is 19.5. The molecule has 5 rings (SSSR count). The molecule has 0 bridgehead atoms. The minimum atomic E-state index is -3.54. The molecule has 0 spiro atoms. The zero-order chi connectivity index (χ0) is 29.4. The van der Waals surface area contributed by atoms with Crippen LogP contribution in [0.4, 0.5) is 0 Å². The fourth-order valence-corrected chi connectivity index (χ4v) is 7.20. The highest BCUT2D eigenvalue weighted by atomic mass is 35.5. The molecule has 1 aromatic heterocycles. The van der Waals surface area contributed by atoms with Crippen molar-refractivity contribution < 1.29 is 18.0 Å². The van der Waals surface area contributed by atoms with Crippen LogP contribution < -0.4 is 10.0 Å². The van der Waals surface area contributed by atoms with E-state index in [0.29, 0.717) is 34.7 Å². The maximum absolute atomic E-state index is 14.4. The van der Waals surface area contributed by atoms with E-state index in [-0.39, 0.29) is 11.8 Å². The molecule has 0 saturated heterocycles. The number of benzene rings is 2. The van der Waals surface area contributed by atoms with E-state index < -0.39 is 39.6 Å². The van der Waals surface area contributed by atoms with Gasteiger partial charge in [0.1, 0.15) is 0 Å². The van der Waals surface area contributed by atoms with Crippen LogP contribution in [0.25, 0.3) is 0 Å². The second kappa shape index (κ2) is 11.5. The fourth-order valence-electron chi connectivity index (χ4n) is 6.25. The Kier molecular flexibility index (Phi) is 8.23. The summed E-state index contributed by atoms with van der Waals surface area (Å²) in [5.41, 5.74) is 1.73. The van der Waals surface area contributed by atoms with Gasteiger partial charge in [-0.1, -0.05) is 60.8 Å². The van der Waals surface area contributed by atoms with Crippen LogP contribution in [0.15, 0.2) is 72.9 Å². The Bertz CT molecular complexity index is 1530. The Hall–Kier alpha value is -3.27. The molecule has 0 radical (unpaired) electrons. The second-order valence-electron chi connectivity index (χ2n) is 11.5. The average Bonchev–Trinajstić information content (AvgIpc) is 2.93. The van der Waals surface area contributed by atoms with Gasteiger partial charge in [-0.2, -0.15) is 0 Å². The molecule has 2 aliphatic rings. The number of rotatable bonds is 7. The Morgan fingerprint density at radius 3 is 2.37 bits per heavy atom. The Balaban J connectivity index is 1.66. The van der Waals surface area contributed by atoms with Crippen LogP contribution in [-0.4, -0.2) is 48.5 Å². The van der Waals surface area contributed by atoms with Crippen LogP contribution in [0.2, 0.25) is 5.02 Å². The second-order valence-corrected chi connectivity index (χ2v) is 13.7. The van der Waals surface area contributed by atoms with Gasteiger partial charge in [0.25, 0.3) is 5.91 Å². The van der Waals surface area contributed by atoms with Gasteiger partial charge in [-0.3, -0.25) is 14.6 Å². The molecule has 2 amide bonds. The number of carbonyl (C=O) groups is 2. The van der Waals surface area contributed by atoms with Crippen molar-refractivity contribution in [2.45, 2.75) is 69.1 Å². The third kappa shape index (κ3) is 6.17. The van der Waals surface area contributed by atoms with E-state index in [1.54, 1.807) is 35.4 Å². The number of carbonyl (C=O) groups excluding carboxylic acids is 2. The molecular formula is C31H35ClN4O4S. The van der Waals surface area contributed by atoms with Crippen molar-refractivity contribution in [2.24, 2.45) is 0 Å². The average molecular weight is 595 g/mol. The molecule has 1 aliphatic heterocycles. The summed E-state index contributed by atoms with van der Waals surface area (Å²) >= 11 is 6.25. The Labute approximate surface area is 246 Å². The Morgan fingerprint density at radius 1 is 1.00 bits per heavy atom. The SMILES string of the molecule is CC(C)(NC(=O)[C@@H]1c2ccccc2C(=O)N([C@H]2CCCC[C@@H]2NS(C)(=O)=O)[C@H]1c1ccc(Cl)cc1)c1ccccn1. The summed E-state index contributed by atoms with van der Waals surface area (Å²) in [6.07, 6.45) is 5.72. The molecular weight excluding hydrogens is 560 g/mol. The predicted octanol–water partition coefficient (Wildman–Crippen LogP) is 4.93. The highest BCUT2D eigenvalue weighted by Crippen LogP contribution is 2.46. The van der Waals surface area contributed by atoms with E-state index in [0.717, 1.165) is 24.7 Å². The number of pyridine rings is 1. The number of nitrogens with zero attached hydrogens (tertiary/aromatic N) is 2. The number of halogens is 1. The summed E-state index contributed by atoms with van der Waals surface area (Å²) in [4.78, 5) is 35.0. The normalized spacial score (nSPS) is 23.1. The topological polar surface area (TPSA) is 108 Å². The molecule has 8 nitrogen and oxygen atoms in total. The first-order valence-electron chi connectivity index (χ1n) is 13.8. The Morgan fingerprint density at radius 2 is 1.68 bits per heavy atom. The van der Waals surface area contributed by atoms with Gasteiger partial charge in [-0.25, -0.2) is 13.1 Å². The summed E-state index contributed by atoms with van der Waals surface area (Å²) in [7, 11) is -3.54. The number of hydrogen-bond donors (Lipinski definition) is 2. The smallest absolute Gasteiger partial charge is 0.255 e. The van der Waals surface area contributed by atoms with Crippen LogP contribution >= 0.6 is 11.6 Å². The summed E-state index contributed by atoms with van der Waals surface area (Å²) in [5.74, 6) is -1.25. The van der Waals surface area contributed by atoms with Crippen LogP contribution in [0.3, 0.4) is 0 Å². The summed E-state index contributed by atoms with van der Waals surface area (Å²) < 4.78 is 27.5. The summed E-state index contributed by atoms with van der Waals surface area (Å²) in [6, 6.07) is 18.3. The standard InChI is InChI=1S/C31H35ClN4O4S/c1-31(2,26-14-8-9-19-33-26)34-29(37)27-22-10-4-5-11-23(22)30(38)36(28(27)20-15-17-21(32)18-16-20)25-13-7-6-12-24(25)35-41(3,39)40/h4-5,8-11,14-19,24-25,27-28,35H,6-7,12-13H2,1-3H3,(H,34,37)/t24-,25-,27+,28-/m0/s1. The van der Waals surface area contributed by atoms with Crippen LogP contribution in [0.5, 0.6) is 0 Å². The number of nitrogens with one attached hydrogen (secondary N) is 2. The zero-order valence-electron chi connectivity index (χ0n) is 23.4. The van der Waals surface area contributed by atoms with E-state index >= 15 is 0 Å². The molecule has 41 heavy (non-hydrogen) atoms. The van der Waals surface area contributed by atoms with E-state index in [1.807, 2.05) is 56.3 Å². The maximum atomic E-state index is 14.4. The van der Waals surface area contributed by atoms with Gasteiger partial charge in [0.15, 0.2) is 0 Å². The highest BCUT2D eigenvalue weighted by molar-refractivity contribution is 7.88. The largest absolute Gasteiger partial charge is 0.345 e. The van der Waals surface area contributed by atoms with Gasteiger partial charge in [-0.05, 0) is 68.1 Å². The lowest BCUT2D eigenvalue weighted by Gasteiger charge is -2.49. The van der Waals surface area contributed by atoms with Gasteiger partial charge in [-0.15, -0.1) is 0 Å². The van der Waals surface area contributed by atoms with E-state index in [1.165, 1.54) is 0 Å². The van der Waals surface area contributed by atoms with Crippen LogP contribution in [0.1, 0.15) is 78.7 Å². The van der Waals surface area contributed by atoms with Crippen molar-refractivity contribution in [3.05, 3.63) is 100 Å². The minimum absolute atomic E-state index is 0.221. The molecule has 2 heterocycles. The lowest BCUT2D eigenvalue weighted by Crippen LogP contribution is -2.59. The summed E-state index contributed by atoms with van der Waals surface area (Å²) in [6.45, 7) is 3.80. The van der Waals surface area contributed by atoms with Crippen molar-refractivity contribution in [1.82, 2.24) is 19.9 Å². The van der Waals surface area contributed by atoms with Gasteiger partial charge < -0.3 is 10.2 Å². The lowest BCUT2D eigenvalue weighted by atomic mass is 9.76. The molecule has 4 atom stereocenters. The van der Waals surface area contributed by atoms with Crippen molar-refractivity contribution in [2.75, 3.05) is 6.26 Å². The number of amides is 2. The molecule has 216 valence electrons. The van der Waals surface area contributed by atoms with Crippen molar-refractivity contribution in [3.8, 4) is 0 Å². The zero-order valence-corrected chi connectivity index (χ0v) is 25.0. The van der Waals surface area contributed by atoms with Crippen LogP contribution in [0, 0.1) is 0 Å². The fraction of sp³-hybridized carbons (Fsp3) is 0.387. The van der Waals surface area contributed by atoms with Crippen molar-refractivity contribution >= 4 is 33.4 Å². The minimum Gasteiger partial charge on any atom is -0.345 e. The molecule has 10 heteroatoms. The molecule has 0 unspecified atom stereocenters. The summed E-state index contributed by atoms with van der Waals surface area (Å²) in [5, 5.41) is 3.74. The maximum Gasteiger partial charge on any atom is 0.255 e. The van der Waals surface area contributed by atoms with Crippen molar-refractivity contribution in [3.63, 3.8) is 0 Å². The molecule has 3 aromatic rings. The van der Waals surface area contributed by atoms with E-state index in [4.69, 9.17) is 11.6 Å². The molecule has 1 saturated carbocycles. The molecule has 1 fully saturated rings. The van der Waals surface area contributed by atoms with Gasteiger partial charge in [0.2, 0.25) is 15.9 Å². The van der Waals surface area contributed by atoms with E-state index in [9.17, 15) is 18.0 Å². The first-order valence-corrected chi connectivity index (χ1v) is 16.1. The molecule has 2 N–H and O–H groups in total. The molecule has 1 aliphatic carbocycles. The van der Waals surface area contributed by atoms with E-state index in [2.05, 4.69) is 15.0 Å². The lowest BCUT2D eigenvalue weighted by molar-refractivity contribution is -0.126. The third-order valence-electron chi connectivity index (χ3n) is 8.06. The van der Waals surface area contributed by atoms with Crippen molar-refractivity contribution in [1.29, 1.82) is 0 Å². The third-order valence-corrected chi connectivity index (χ3v) is 9.05. The van der Waals surface area contributed by atoms with Crippen LogP contribution in [-0.2, 0) is 20.4 Å². The predicted molar refractivity (Wildman–Crippen MR) is 159 cm³/mol. The monoisotopic (exact) mass is 594 g/mol. The molecule has 2 aromatic carbocycles. The number of sulfonamides is 1.